The predicted octanol–water partition coefficient (Wildman–Crippen LogP) is 1.32. The number of amides is 1. The molecule has 0 bridgehead atoms. The van der Waals surface area contributed by atoms with E-state index in [2.05, 4.69) is 9.97 Å². The van der Waals surface area contributed by atoms with E-state index in [1.54, 1.807) is 5.32 Å². The number of aromatic nitrogens is 2. The van der Waals surface area contributed by atoms with Crippen molar-refractivity contribution < 1.29 is 22.4 Å². The average Bonchev–Trinajstić information content (AvgIpc) is 2.18. The third kappa shape index (κ3) is 2.61. The van der Waals surface area contributed by atoms with Gasteiger partial charge in [-0.25, -0.2) is 18.7 Å². The van der Waals surface area contributed by atoms with Gasteiger partial charge in [-0.1, -0.05) is 0 Å². The highest BCUT2D eigenvalue weighted by molar-refractivity contribution is 5.96. The summed E-state index contributed by atoms with van der Waals surface area (Å²) < 4.78 is 48.3. The largest absolute Gasteiger partial charge is 0.383 e. The Labute approximate surface area is 81.3 Å². The molecule has 4 nitrogen and oxygen atoms in total. The first kappa shape index (κ1) is 11.3. The maximum absolute atomic E-state index is 12.4. The normalized spacial score (nSPS) is 11.5. The predicted molar refractivity (Wildman–Crippen MR) is 41.6 cm³/mol. The van der Waals surface area contributed by atoms with Crippen molar-refractivity contribution in [3.05, 3.63) is 18.7 Å². The first-order chi connectivity index (χ1) is 6.94. The number of halogens is 4. The first-order valence-corrected chi connectivity index (χ1v) is 3.67. The number of carbonyl (C=O) groups is 1. The van der Waals surface area contributed by atoms with Crippen molar-refractivity contribution in [2.24, 2.45) is 0 Å². The van der Waals surface area contributed by atoms with Crippen molar-refractivity contribution in [3.8, 4) is 0 Å². The van der Waals surface area contributed by atoms with Crippen molar-refractivity contribution in [2.75, 3.05) is 5.32 Å². The van der Waals surface area contributed by atoms with Crippen LogP contribution in [0.15, 0.2) is 18.7 Å². The topological polar surface area (TPSA) is 54.9 Å². The molecular formula is C7H5F4N3O. The number of hydrogen-bond donors (Lipinski definition) is 1. The Morgan fingerprint density at radius 2 is 1.87 bits per heavy atom. The highest BCUT2D eigenvalue weighted by atomic mass is 19.3. The SMILES string of the molecule is O=C(Nc1cncnc1)C(F)(F)C(F)F. The molecule has 0 radical (unpaired) electrons. The average molecular weight is 223 g/mol. The molecule has 1 rings (SSSR count). The van der Waals surface area contributed by atoms with Gasteiger partial charge in [0.2, 0.25) is 0 Å². The molecule has 0 aromatic carbocycles. The summed E-state index contributed by atoms with van der Waals surface area (Å²) in [4.78, 5) is 17.5. The van der Waals surface area contributed by atoms with Gasteiger partial charge in [0, 0.05) is 0 Å². The van der Waals surface area contributed by atoms with Crippen LogP contribution in [-0.2, 0) is 4.79 Å². The van der Waals surface area contributed by atoms with E-state index < -0.39 is 18.3 Å². The molecule has 0 unspecified atom stereocenters. The second-order valence-electron chi connectivity index (χ2n) is 2.50. The highest BCUT2D eigenvalue weighted by Gasteiger charge is 2.48. The Balaban J connectivity index is 2.72. The molecule has 0 fully saturated rings. The van der Waals surface area contributed by atoms with Crippen LogP contribution >= 0.6 is 0 Å². The molecule has 82 valence electrons. The molecule has 15 heavy (non-hydrogen) atoms. The molecule has 0 spiro atoms. The number of anilines is 1. The minimum atomic E-state index is -4.73. The van der Waals surface area contributed by atoms with Crippen LogP contribution in [0.3, 0.4) is 0 Å². The van der Waals surface area contributed by atoms with Crippen molar-refractivity contribution >= 4 is 11.6 Å². The summed E-state index contributed by atoms with van der Waals surface area (Å²) in [6.45, 7) is 0. The fourth-order valence-corrected chi connectivity index (χ4v) is 0.677. The summed E-state index contributed by atoms with van der Waals surface area (Å²) >= 11 is 0. The number of hydrogen-bond acceptors (Lipinski definition) is 3. The summed E-state index contributed by atoms with van der Waals surface area (Å²) in [5.41, 5.74) is -0.178. The van der Waals surface area contributed by atoms with E-state index in [4.69, 9.17) is 0 Å². The van der Waals surface area contributed by atoms with Crippen molar-refractivity contribution in [2.45, 2.75) is 12.3 Å². The Hall–Kier alpha value is -1.73. The zero-order valence-corrected chi connectivity index (χ0v) is 7.12. The van der Waals surface area contributed by atoms with Gasteiger partial charge in [0.25, 0.3) is 0 Å². The minimum absolute atomic E-state index is 0.178. The van der Waals surface area contributed by atoms with Crippen LogP contribution in [0.4, 0.5) is 23.2 Å². The summed E-state index contributed by atoms with van der Waals surface area (Å²) in [5, 5.41) is 1.57. The minimum Gasteiger partial charge on any atom is -0.318 e. The lowest BCUT2D eigenvalue weighted by Crippen LogP contribution is -2.41. The van der Waals surface area contributed by atoms with Gasteiger partial charge in [0.05, 0.1) is 18.1 Å². The van der Waals surface area contributed by atoms with Gasteiger partial charge >= 0.3 is 18.3 Å². The van der Waals surface area contributed by atoms with E-state index in [1.807, 2.05) is 0 Å². The van der Waals surface area contributed by atoms with Crippen molar-refractivity contribution in [3.63, 3.8) is 0 Å². The fourth-order valence-electron chi connectivity index (χ4n) is 0.677. The molecule has 1 amide bonds. The van der Waals surface area contributed by atoms with E-state index >= 15 is 0 Å². The second kappa shape index (κ2) is 4.20. The number of rotatable bonds is 3. The van der Waals surface area contributed by atoms with Crippen LogP contribution < -0.4 is 5.32 Å². The van der Waals surface area contributed by atoms with E-state index in [0.29, 0.717) is 0 Å². The zero-order chi connectivity index (χ0) is 11.5. The number of nitrogens with one attached hydrogen (secondary N) is 1. The third-order valence-electron chi connectivity index (χ3n) is 1.40. The fraction of sp³-hybridized carbons (Fsp3) is 0.286. The maximum atomic E-state index is 12.4. The lowest BCUT2D eigenvalue weighted by Gasteiger charge is -2.14. The highest BCUT2D eigenvalue weighted by Crippen LogP contribution is 2.24. The molecule has 0 aliphatic heterocycles. The Kier molecular flexibility index (Phi) is 3.17. The lowest BCUT2D eigenvalue weighted by atomic mass is 10.3. The molecular weight excluding hydrogens is 218 g/mol. The smallest absolute Gasteiger partial charge is 0.318 e. The van der Waals surface area contributed by atoms with Gasteiger partial charge in [-0.2, -0.15) is 8.78 Å². The van der Waals surface area contributed by atoms with Crippen LogP contribution in [0, 0.1) is 0 Å². The van der Waals surface area contributed by atoms with Crippen LogP contribution in [0.25, 0.3) is 0 Å². The van der Waals surface area contributed by atoms with E-state index in [9.17, 15) is 22.4 Å². The monoisotopic (exact) mass is 223 g/mol. The Morgan fingerprint density at radius 1 is 1.33 bits per heavy atom. The van der Waals surface area contributed by atoms with Crippen LogP contribution in [0.5, 0.6) is 0 Å². The van der Waals surface area contributed by atoms with Gasteiger partial charge in [-0.05, 0) is 0 Å². The molecule has 0 saturated carbocycles. The van der Waals surface area contributed by atoms with Gasteiger partial charge in [-0.15, -0.1) is 0 Å². The number of alkyl halides is 4. The molecule has 8 heteroatoms. The van der Waals surface area contributed by atoms with Crippen LogP contribution in [0.2, 0.25) is 0 Å². The molecule has 1 aromatic rings. The quantitative estimate of drug-likeness (QED) is 0.786. The van der Waals surface area contributed by atoms with E-state index in [1.165, 1.54) is 0 Å². The van der Waals surface area contributed by atoms with Gasteiger partial charge in [-0.3, -0.25) is 4.79 Å². The molecule has 0 atom stereocenters. The number of nitrogens with zero attached hydrogens (tertiary/aromatic N) is 2. The molecule has 0 aliphatic carbocycles. The van der Waals surface area contributed by atoms with E-state index in [0.717, 1.165) is 18.7 Å². The van der Waals surface area contributed by atoms with Crippen molar-refractivity contribution in [1.82, 2.24) is 9.97 Å². The Morgan fingerprint density at radius 3 is 2.33 bits per heavy atom. The molecule has 0 aliphatic rings. The summed E-state index contributed by atoms with van der Waals surface area (Å²) in [7, 11) is 0. The molecule has 1 heterocycles. The van der Waals surface area contributed by atoms with Crippen molar-refractivity contribution in [1.29, 1.82) is 0 Å². The summed E-state index contributed by atoms with van der Waals surface area (Å²) in [6, 6.07) is 0. The summed E-state index contributed by atoms with van der Waals surface area (Å²) in [5.74, 6) is -6.82. The molecule has 1 aromatic heterocycles. The maximum Gasteiger partial charge on any atom is 0.383 e. The Bertz CT molecular complexity index is 343. The van der Waals surface area contributed by atoms with Gasteiger partial charge in [0.1, 0.15) is 6.33 Å². The van der Waals surface area contributed by atoms with Crippen LogP contribution in [0.1, 0.15) is 0 Å². The third-order valence-corrected chi connectivity index (χ3v) is 1.40. The standard InChI is InChI=1S/C7H5F4N3O/c8-5(9)7(10,11)6(15)14-4-1-12-3-13-2-4/h1-3,5H,(H,14,15). The van der Waals surface area contributed by atoms with Gasteiger partial charge < -0.3 is 5.32 Å². The molecule has 0 saturated heterocycles. The lowest BCUT2D eigenvalue weighted by molar-refractivity contribution is -0.163. The molecule has 1 N–H and O–H groups in total. The number of carbonyl (C=O) groups excluding carboxylic acids is 1. The second-order valence-corrected chi connectivity index (χ2v) is 2.50. The summed E-state index contributed by atoms with van der Waals surface area (Å²) in [6.07, 6.45) is -0.943. The van der Waals surface area contributed by atoms with Crippen LogP contribution in [-0.4, -0.2) is 28.2 Å². The zero-order valence-electron chi connectivity index (χ0n) is 7.12. The van der Waals surface area contributed by atoms with E-state index in [-0.39, 0.29) is 5.69 Å². The first-order valence-electron chi connectivity index (χ1n) is 3.67. The van der Waals surface area contributed by atoms with Gasteiger partial charge in [0.15, 0.2) is 0 Å².